The van der Waals surface area contributed by atoms with Crippen LogP contribution in [0.25, 0.3) is 11.2 Å². The summed E-state index contributed by atoms with van der Waals surface area (Å²) in [5.74, 6) is 1.19. The van der Waals surface area contributed by atoms with Crippen LogP contribution in [0.2, 0.25) is 0 Å². The van der Waals surface area contributed by atoms with Crippen molar-refractivity contribution in [3.05, 3.63) is 30.1 Å². The number of nitriles is 1. The molecule has 0 atom stereocenters. The number of methoxy groups -OCH3 is 1. The van der Waals surface area contributed by atoms with E-state index in [0.29, 0.717) is 59.0 Å². The Kier molecular flexibility index (Phi) is 6.96. The van der Waals surface area contributed by atoms with Crippen molar-refractivity contribution in [2.24, 2.45) is 5.92 Å². The van der Waals surface area contributed by atoms with Gasteiger partial charge >= 0.3 is 0 Å². The molecule has 1 aliphatic heterocycles. The number of fused-ring (bicyclic) bond motifs is 1. The van der Waals surface area contributed by atoms with Gasteiger partial charge < -0.3 is 25.0 Å². The Morgan fingerprint density at radius 1 is 1.36 bits per heavy atom. The average molecular weight is 468 g/mol. The average Bonchev–Trinajstić information content (AvgIpc) is 3.20. The lowest BCUT2D eigenvalue weighted by Crippen LogP contribution is -2.40. The van der Waals surface area contributed by atoms with Crippen molar-refractivity contribution in [2.75, 3.05) is 32.5 Å². The van der Waals surface area contributed by atoms with Crippen LogP contribution in [-0.4, -0.2) is 62.2 Å². The molecule has 3 heterocycles. The number of benzene rings is 1. The van der Waals surface area contributed by atoms with Gasteiger partial charge in [0.2, 0.25) is 5.91 Å². The molecule has 0 bridgehead atoms. The number of nitrogen functional groups attached to an aromatic ring is 1. The van der Waals surface area contributed by atoms with Crippen LogP contribution < -0.4 is 10.5 Å². The van der Waals surface area contributed by atoms with Gasteiger partial charge in [-0.2, -0.15) is 5.26 Å². The highest BCUT2D eigenvalue weighted by Crippen LogP contribution is 2.35. The normalized spacial score (nSPS) is 14.4. The summed E-state index contributed by atoms with van der Waals surface area (Å²) >= 11 is 1.37. The van der Waals surface area contributed by atoms with Crippen LogP contribution in [0.15, 0.2) is 34.6 Å². The van der Waals surface area contributed by atoms with E-state index < -0.39 is 6.61 Å². The van der Waals surface area contributed by atoms with E-state index in [1.165, 1.54) is 18.1 Å². The van der Waals surface area contributed by atoms with E-state index in [1.54, 1.807) is 24.1 Å². The Hall–Kier alpha value is -3.36. The highest BCUT2D eigenvalue weighted by atomic mass is 32.2. The van der Waals surface area contributed by atoms with E-state index >= 15 is 0 Å². The van der Waals surface area contributed by atoms with Crippen molar-refractivity contribution in [2.45, 2.75) is 35.9 Å². The highest BCUT2D eigenvalue weighted by Gasteiger charge is 2.24. The Labute approximate surface area is 195 Å². The lowest BCUT2D eigenvalue weighted by Gasteiger charge is -2.31. The largest absolute Gasteiger partial charge is 0.497 e. The Morgan fingerprint density at radius 2 is 2.15 bits per heavy atom. The zero-order valence-electron chi connectivity index (χ0n) is 18.3. The third-order valence-electron chi connectivity index (χ3n) is 5.90. The van der Waals surface area contributed by atoms with E-state index in [-0.39, 0.29) is 5.91 Å². The molecule has 10 nitrogen and oxygen atoms in total. The highest BCUT2D eigenvalue weighted by molar-refractivity contribution is 7.99. The summed E-state index contributed by atoms with van der Waals surface area (Å²) in [7, 11) is 1.58. The van der Waals surface area contributed by atoms with Crippen LogP contribution in [0.3, 0.4) is 0 Å². The fourth-order valence-corrected chi connectivity index (χ4v) is 5.02. The number of nitrogens with zero attached hydrogens (tertiary/aromatic N) is 6. The summed E-state index contributed by atoms with van der Waals surface area (Å²) in [6.07, 6.45) is 4.07. The topological polar surface area (TPSA) is 143 Å². The molecule has 172 valence electrons. The van der Waals surface area contributed by atoms with Crippen molar-refractivity contribution < 1.29 is 14.6 Å². The number of hydrogen-bond acceptors (Lipinski definition) is 9. The van der Waals surface area contributed by atoms with Gasteiger partial charge in [0.1, 0.15) is 24.8 Å². The van der Waals surface area contributed by atoms with E-state index in [0.717, 1.165) is 24.2 Å². The lowest BCUT2D eigenvalue weighted by molar-refractivity contribution is -0.135. The predicted octanol–water partition coefficient (Wildman–Crippen LogP) is 2.06. The molecular formula is C22H25N7O3S. The van der Waals surface area contributed by atoms with Gasteiger partial charge in [0.05, 0.1) is 12.7 Å². The summed E-state index contributed by atoms with van der Waals surface area (Å²) < 4.78 is 7.34. The summed E-state index contributed by atoms with van der Waals surface area (Å²) in [6.45, 7) is 1.53. The fraction of sp³-hybridized carbons (Fsp3) is 0.409. The lowest BCUT2D eigenvalue weighted by atomic mass is 9.93. The van der Waals surface area contributed by atoms with Gasteiger partial charge in [-0.3, -0.25) is 4.79 Å². The fourth-order valence-electron chi connectivity index (χ4n) is 4.00. The van der Waals surface area contributed by atoms with Crippen LogP contribution >= 0.6 is 11.8 Å². The van der Waals surface area contributed by atoms with Crippen molar-refractivity contribution in [3.63, 3.8) is 0 Å². The molecule has 0 unspecified atom stereocenters. The SMILES string of the molecule is COc1ccc(C#N)c(Sc2nc3c(N)ncnc3n2CCC2CCN(C(=O)CO)CC2)c1. The summed E-state index contributed by atoms with van der Waals surface area (Å²) in [5.41, 5.74) is 7.77. The van der Waals surface area contributed by atoms with E-state index in [2.05, 4.69) is 16.0 Å². The number of carbonyl (C=O) groups excluding carboxylic acids is 1. The van der Waals surface area contributed by atoms with Gasteiger partial charge in [-0.15, -0.1) is 0 Å². The third kappa shape index (κ3) is 4.86. The van der Waals surface area contributed by atoms with Crippen LogP contribution in [0.4, 0.5) is 5.82 Å². The number of piperidine rings is 1. The Bertz CT molecular complexity index is 1200. The van der Waals surface area contributed by atoms with Crippen LogP contribution in [0.5, 0.6) is 5.75 Å². The van der Waals surface area contributed by atoms with E-state index in [4.69, 9.17) is 20.6 Å². The second-order valence-electron chi connectivity index (χ2n) is 7.82. The first-order chi connectivity index (χ1) is 16.0. The first-order valence-corrected chi connectivity index (χ1v) is 11.5. The summed E-state index contributed by atoms with van der Waals surface area (Å²) in [5, 5.41) is 19.3. The maximum absolute atomic E-state index is 11.7. The number of carbonyl (C=O) groups is 1. The second-order valence-corrected chi connectivity index (χ2v) is 8.83. The van der Waals surface area contributed by atoms with Crippen molar-refractivity contribution in [1.82, 2.24) is 24.4 Å². The molecule has 1 amide bonds. The molecule has 2 aromatic heterocycles. The first-order valence-electron chi connectivity index (χ1n) is 10.6. The van der Waals surface area contributed by atoms with E-state index in [1.807, 2.05) is 10.6 Å². The number of likely N-dealkylation sites (tertiary alicyclic amines) is 1. The minimum Gasteiger partial charge on any atom is -0.497 e. The molecule has 0 spiro atoms. The molecule has 33 heavy (non-hydrogen) atoms. The molecule has 4 rings (SSSR count). The Morgan fingerprint density at radius 3 is 2.85 bits per heavy atom. The van der Waals surface area contributed by atoms with Crippen LogP contribution in [0.1, 0.15) is 24.8 Å². The maximum Gasteiger partial charge on any atom is 0.248 e. The van der Waals surface area contributed by atoms with Gasteiger partial charge in [0, 0.05) is 24.5 Å². The quantitative estimate of drug-likeness (QED) is 0.533. The molecule has 3 N–H and O–H groups in total. The zero-order valence-corrected chi connectivity index (χ0v) is 19.1. The van der Waals surface area contributed by atoms with Crippen molar-refractivity contribution in [3.8, 4) is 11.8 Å². The first kappa shape index (κ1) is 22.8. The minimum atomic E-state index is -0.442. The number of hydrogen-bond donors (Lipinski definition) is 2. The second kappa shape index (κ2) is 10.1. The molecule has 1 aromatic carbocycles. The van der Waals surface area contributed by atoms with Gasteiger partial charge in [-0.25, -0.2) is 15.0 Å². The van der Waals surface area contributed by atoms with Gasteiger partial charge in [-0.1, -0.05) is 11.8 Å². The van der Waals surface area contributed by atoms with Crippen LogP contribution in [0, 0.1) is 17.2 Å². The molecular weight excluding hydrogens is 442 g/mol. The molecule has 3 aromatic rings. The molecule has 1 fully saturated rings. The number of anilines is 1. The molecule has 0 saturated carbocycles. The number of amides is 1. The zero-order chi connectivity index (χ0) is 23.4. The summed E-state index contributed by atoms with van der Waals surface area (Å²) in [4.78, 5) is 27.3. The van der Waals surface area contributed by atoms with Crippen molar-refractivity contribution >= 4 is 34.7 Å². The van der Waals surface area contributed by atoms with Gasteiger partial charge in [0.25, 0.3) is 0 Å². The molecule has 11 heteroatoms. The number of ether oxygens (including phenoxy) is 1. The third-order valence-corrected chi connectivity index (χ3v) is 6.95. The van der Waals surface area contributed by atoms with E-state index in [9.17, 15) is 10.1 Å². The van der Waals surface area contributed by atoms with Gasteiger partial charge in [-0.05, 0) is 43.4 Å². The number of aliphatic hydroxyl groups excluding tert-OH is 1. The standard InChI is InChI=1S/C22H25N7O3S/c1-32-16-3-2-15(11-23)17(10-16)33-22-27-19-20(24)25-13-26-21(19)29(22)9-6-14-4-7-28(8-5-14)18(31)12-30/h2-3,10,13-14,30H,4-9,12H2,1H3,(H2,24,25,26). The maximum atomic E-state index is 11.7. The number of aromatic nitrogens is 4. The number of rotatable bonds is 7. The molecule has 0 radical (unpaired) electrons. The number of aryl methyl sites for hydroxylation is 1. The predicted molar refractivity (Wildman–Crippen MR) is 123 cm³/mol. The minimum absolute atomic E-state index is 0.216. The monoisotopic (exact) mass is 467 g/mol. The molecule has 0 aliphatic carbocycles. The summed E-state index contributed by atoms with van der Waals surface area (Å²) in [6, 6.07) is 7.51. The number of nitrogens with two attached hydrogens (primary N) is 1. The molecule has 1 aliphatic rings. The Balaban J connectivity index is 1.58. The smallest absolute Gasteiger partial charge is 0.248 e. The van der Waals surface area contributed by atoms with Crippen LogP contribution in [-0.2, 0) is 11.3 Å². The van der Waals surface area contributed by atoms with Crippen molar-refractivity contribution in [1.29, 1.82) is 5.26 Å². The number of imidazole rings is 1. The van der Waals surface area contributed by atoms with Gasteiger partial charge in [0.15, 0.2) is 22.1 Å². The molecule has 1 saturated heterocycles. The number of aliphatic hydroxyl groups is 1.